The van der Waals surface area contributed by atoms with Crippen LogP contribution in [0.4, 0.5) is 0 Å². The Morgan fingerprint density at radius 3 is 2.37 bits per heavy atom. The molecule has 0 aliphatic carbocycles. The second kappa shape index (κ2) is 7.14. The number of halogens is 1. The quantitative estimate of drug-likeness (QED) is 0.699. The van der Waals surface area contributed by atoms with Crippen LogP contribution < -0.4 is 5.32 Å². The molecule has 0 radical (unpaired) electrons. The lowest BCUT2D eigenvalue weighted by Gasteiger charge is -2.27. The number of hydrogen-bond acceptors (Lipinski definition) is 4. The number of aliphatic hydroxyl groups excluding tert-OH is 2. The fourth-order valence-electron chi connectivity index (χ4n) is 1.30. The Kier molecular flexibility index (Phi) is 6.13. The Hall–Kier alpha value is -0.750. The van der Waals surface area contributed by atoms with Crippen molar-refractivity contribution < 1.29 is 15.0 Å². The molecule has 3 N–H and O–H groups in total. The fourth-order valence-corrected chi connectivity index (χ4v) is 2.29. The highest BCUT2D eigenvalue weighted by atomic mass is 35.5. The molecule has 0 saturated heterocycles. The van der Waals surface area contributed by atoms with E-state index in [2.05, 4.69) is 5.32 Å². The number of carbonyl (C=O) groups is 1. The molecule has 0 heterocycles. The first-order chi connectivity index (χ1) is 8.90. The van der Waals surface area contributed by atoms with Gasteiger partial charge in [-0.2, -0.15) is 0 Å². The van der Waals surface area contributed by atoms with Crippen molar-refractivity contribution in [1.82, 2.24) is 5.32 Å². The number of rotatable bonds is 6. The minimum absolute atomic E-state index is 0.231. The van der Waals surface area contributed by atoms with Crippen LogP contribution >= 0.6 is 23.4 Å². The van der Waals surface area contributed by atoms with E-state index in [0.717, 1.165) is 4.90 Å². The lowest BCUT2D eigenvalue weighted by molar-refractivity contribution is -0.123. The van der Waals surface area contributed by atoms with E-state index in [-0.39, 0.29) is 24.4 Å². The summed E-state index contributed by atoms with van der Waals surface area (Å²) in [5.74, 6) is -0.231. The molecular weight excluding hydrogens is 286 g/mol. The molecule has 0 spiro atoms. The molecule has 1 aromatic rings. The first-order valence-corrected chi connectivity index (χ1v) is 7.12. The number of carbonyl (C=O) groups excluding carboxylic acids is 1. The zero-order valence-electron chi connectivity index (χ0n) is 10.9. The fraction of sp³-hybridized carbons (Fsp3) is 0.462. The van der Waals surface area contributed by atoms with Gasteiger partial charge < -0.3 is 15.5 Å². The van der Waals surface area contributed by atoms with Gasteiger partial charge in [-0.25, -0.2) is 0 Å². The molecule has 0 aromatic heterocycles. The van der Waals surface area contributed by atoms with Crippen LogP contribution in [0.2, 0.25) is 5.02 Å². The van der Waals surface area contributed by atoms with Crippen LogP contribution in [0.3, 0.4) is 0 Å². The molecule has 0 aliphatic heterocycles. The molecule has 1 rings (SSSR count). The topological polar surface area (TPSA) is 69.6 Å². The van der Waals surface area contributed by atoms with Crippen molar-refractivity contribution in [2.45, 2.75) is 29.5 Å². The van der Waals surface area contributed by atoms with Crippen molar-refractivity contribution in [3.8, 4) is 0 Å². The van der Waals surface area contributed by atoms with Crippen LogP contribution in [-0.4, -0.2) is 40.1 Å². The Balaban J connectivity index is 2.60. The first kappa shape index (κ1) is 16.3. The van der Waals surface area contributed by atoms with Gasteiger partial charge in [0.25, 0.3) is 0 Å². The number of amides is 1. The normalized spacial score (nSPS) is 13.1. The monoisotopic (exact) mass is 303 g/mol. The van der Waals surface area contributed by atoms with Crippen molar-refractivity contribution in [2.24, 2.45) is 0 Å². The van der Waals surface area contributed by atoms with Gasteiger partial charge in [-0.3, -0.25) is 4.79 Å². The van der Waals surface area contributed by atoms with Crippen molar-refractivity contribution in [1.29, 1.82) is 0 Å². The third kappa shape index (κ3) is 5.03. The molecule has 1 aromatic carbocycles. The highest BCUT2D eigenvalue weighted by Crippen LogP contribution is 2.25. The number of thioether (sulfide) groups is 1. The molecule has 4 nitrogen and oxygen atoms in total. The van der Waals surface area contributed by atoms with E-state index in [4.69, 9.17) is 21.8 Å². The Morgan fingerprint density at radius 1 is 1.37 bits per heavy atom. The molecule has 0 saturated carbocycles. The summed E-state index contributed by atoms with van der Waals surface area (Å²) in [6, 6.07) is 7.21. The Morgan fingerprint density at radius 2 is 1.89 bits per heavy atom. The minimum Gasteiger partial charge on any atom is -0.394 e. The Bertz CT molecular complexity index is 420. The molecule has 1 unspecified atom stereocenters. The van der Waals surface area contributed by atoms with Crippen molar-refractivity contribution in [3.63, 3.8) is 0 Å². The molecular formula is C13H18ClNO3S. The third-order valence-electron chi connectivity index (χ3n) is 2.62. The van der Waals surface area contributed by atoms with Crippen LogP contribution in [0.5, 0.6) is 0 Å². The lowest BCUT2D eigenvalue weighted by atomic mass is 10.1. The predicted molar refractivity (Wildman–Crippen MR) is 77.5 cm³/mol. The molecule has 106 valence electrons. The average Bonchev–Trinajstić information content (AvgIpc) is 2.41. The van der Waals surface area contributed by atoms with E-state index in [1.807, 2.05) is 12.1 Å². The van der Waals surface area contributed by atoms with Crippen LogP contribution in [-0.2, 0) is 4.79 Å². The van der Waals surface area contributed by atoms with Gasteiger partial charge in [0, 0.05) is 9.92 Å². The Labute approximate surface area is 122 Å². The number of hydrogen-bond donors (Lipinski definition) is 3. The van der Waals surface area contributed by atoms with Crippen molar-refractivity contribution in [3.05, 3.63) is 29.3 Å². The van der Waals surface area contributed by atoms with E-state index in [9.17, 15) is 4.79 Å². The summed E-state index contributed by atoms with van der Waals surface area (Å²) in [6.07, 6.45) is 0. The van der Waals surface area contributed by atoms with Crippen LogP contribution in [0.25, 0.3) is 0 Å². The summed E-state index contributed by atoms with van der Waals surface area (Å²) < 4.78 is 0. The highest BCUT2D eigenvalue weighted by molar-refractivity contribution is 8.00. The second-order valence-electron chi connectivity index (χ2n) is 4.58. The highest BCUT2D eigenvalue weighted by Gasteiger charge is 2.27. The van der Waals surface area contributed by atoms with E-state index < -0.39 is 5.54 Å². The third-order valence-corrected chi connectivity index (χ3v) is 3.98. The SMILES string of the molecule is CC(Sc1ccc(Cl)cc1)C(=O)NC(C)(CO)CO. The van der Waals surface area contributed by atoms with Gasteiger partial charge in [-0.05, 0) is 38.1 Å². The van der Waals surface area contributed by atoms with Crippen LogP contribution in [0.1, 0.15) is 13.8 Å². The molecule has 1 amide bonds. The standard InChI is InChI=1S/C13H18ClNO3S/c1-9(12(18)15-13(2,7-16)8-17)19-11-5-3-10(14)4-6-11/h3-6,9,16-17H,7-8H2,1-2H3,(H,15,18). The summed E-state index contributed by atoms with van der Waals surface area (Å²) in [7, 11) is 0. The van der Waals surface area contributed by atoms with Crippen LogP contribution in [0, 0.1) is 0 Å². The first-order valence-electron chi connectivity index (χ1n) is 5.86. The largest absolute Gasteiger partial charge is 0.394 e. The maximum absolute atomic E-state index is 12.0. The lowest BCUT2D eigenvalue weighted by Crippen LogP contribution is -2.53. The summed E-state index contributed by atoms with van der Waals surface area (Å²) in [5, 5.41) is 21.2. The summed E-state index contributed by atoms with van der Waals surface area (Å²) >= 11 is 7.18. The van der Waals surface area contributed by atoms with Gasteiger partial charge in [0.05, 0.1) is 24.0 Å². The van der Waals surface area contributed by atoms with Gasteiger partial charge in [0.1, 0.15) is 0 Å². The van der Waals surface area contributed by atoms with E-state index in [1.165, 1.54) is 11.8 Å². The van der Waals surface area contributed by atoms with E-state index in [0.29, 0.717) is 5.02 Å². The van der Waals surface area contributed by atoms with Gasteiger partial charge >= 0.3 is 0 Å². The summed E-state index contributed by atoms with van der Waals surface area (Å²) in [5.41, 5.74) is -0.994. The summed E-state index contributed by atoms with van der Waals surface area (Å²) in [4.78, 5) is 12.9. The molecule has 0 bridgehead atoms. The average molecular weight is 304 g/mol. The number of nitrogens with one attached hydrogen (secondary N) is 1. The number of aliphatic hydroxyl groups is 2. The van der Waals surface area contributed by atoms with Gasteiger partial charge in [0.2, 0.25) is 5.91 Å². The van der Waals surface area contributed by atoms with Crippen molar-refractivity contribution >= 4 is 29.3 Å². The number of benzene rings is 1. The van der Waals surface area contributed by atoms with E-state index >= 15 is 0 Å². The molecule has 1 atom stereocenters. The van der Waals surface area contributed by atoms with E-state index in [1.54, 1.807) is 26.0 Å². The maximum atomic E-state index is 12.0. The summed E-state index contributed by atoms with van der Waals surface area (Å²) in [6.45, 7) is 2.73. The zero-order chi connectivity index (χ0) is 14.5. The molecule has 0 aliphatic rings. The molecule has 0 fully saturated rings. The van der Waals surface area contributed by atoms with Crippen molar-refractivity contribution in [2.75, 3.05) is 13.2 Å². The van der Waals surface area contributed by atoms with Gasteiger partial charge in [-0.15, -0.1) is 11.8 Å². The molecule has 6 heteroatoms. The van der Waals surface area contributed by atoms with Crippen LogP contribution in [0.15, 0.2) is 29.2 Å². The molecule has 19 heavy (non-hydrogen) atoms. The maximum Gasteiger partial charge on any atom is 0.233 e. The van der Waals surface area contributed by atoms with Gasteiger partial charge in [-0.1, -0.05) is 11.6 Å². The second-order valence-corrected chi connectivity index (χ2v) is 6.43. The smallest absolute Gasteiger partial charge is 0.233 e. The zero-order valence-corrected chi connectivity index (χ0v) is 12.5. The van der Waals surface area contributed by atoms with Gasteiger partial charge in [0.15, 0.2) is 0 Å². The minimum atomic E-state index is -0.994. The predicted octanol–water partition coefficient (Wildman–Crippen LogP) is 1.68.